The van der Waals surface area contributed by atoms with E-state index in [1.807, 2.05) is 13.1 Å². The van der Waals surface area contributed by atoms with Crippen LogP contribution in [0, 0.1) is 5.82 Å². The molecule has 1 heterocycles. The van der Waals surface area contributed by atoms with Gasteiger partial charge < -0.3 is 5.73 Å². The van der Waals surface area contributed by atoms with E-state index in [4.69, 9.17) is 5.73 Å². The molecule has 15 heavy (non-hydrogen) atoms. The molecule has 0 aliphatic carbocycles. The van der Waals surface area contributed by atoms with Crippen LogP contribution in [0.2, 0.25) is 0 Å². The predicted molar refractivity (Wildman–Crippen MR) is 57.7 cm³/mol. The summed E-state index contributed by atoms with van der Waals surface area (Å²) >= 11 is 0. The zero-order valence-corrected chi connectivity index (χ0v) is 8.44. The smallest absolute Gasteiger partial charge is 0.146 e. The lowest BCUT2D eigenvalue weighted by Gasteiger charge is -2.03. The van der Waals surface area contributed by atoms with E-state index >= 15 is 0 Å². The zero-order valence-electron chi connectivity index (χ0n) is 8.44. The Morgan fingerprint density at radius 3 is 2.93 bits per heavy atom. The SMILES string of the molecule is CCn1cc(-c2cccc(F)c2N)cn1. The van der Waals surface area contributed by atoms with Crippen molar-refractivity contribution >= 4 is 5.69 Å². The van der Waals surface area contributed by atoms with Crippen molar-refractivity contribution in [2.45, 2.75) is 13.5 Å². The topological polar surface area (TPSA) is 43.8 Å². The number of rotatable bonds is 2. The van der Waals surface area contributed by atoms with E-state index in [1.165, 1.54) is 6.07 Å². The van der Waals surface area contributed by atoms with Crippen LogP contribution in [-0.4, -0.2) is 9.78 Å². The first-order valence-electron chi connectivity index (χ1n) is 4.79. The Kier molecular flexibility index (Phi) is 2.41. The molecule has 78 valence electrons. The molecule has 0 spiro atoms. The van der Waals surface area contributed by atoms with Crippen molar-refractivity contribution in [2.24, 2.45) is 0 Å². The summed E-state index contributed by atoms with van der Waals surface area (Å²) < 4.78 is 15.0. The monoisotopic (exact) mass is 205 g/mol. The number of hydrogen-bond acceptors (Lipinski definition) is 2. The highest BCUT2D eigenvalue weighted by Crippen LogP contribution is 2.27. The summed E-state index contributed by atoms with van der Waals surface area (Å²) in [6, 6.07) is 4.78. The lowest BCUT2D eigenvalue weighted by Crippen LogP contribution is -1.94. The highest BCUT2D eigenvalue weighted by atomic mass is 19.1. The first-order valence-corrected chi connectivity index (χ1v) is 4.79. The third kappa shape index (κ3) is 1.70. The Morgan fingerprint density at radius 1 is 1.47 bits per heavy atom. The highest BCUT2D eigenvalue weighted by Gasteiger charge is 2.08. The van der Waals surface area contributed by atoms with Crippen LogP contribution < -0.4 is 5.73 Å². The Morgan fingerprint density at radius 2 is 2.27 bits per heavy atom. The Balaban J connectivity index is 2.49. The highest BCUT2D eigenvalue weighted by molar-refractivity contribution is 5.75. The van der Waals surface area contributed by atoms with Crippen LogP contribution >= 0.6 is 0 Å². The standard InChI is InChI=1S/C11H12FN3/c1-2-15-7-8(6-14-15)9-4-3-5-10(12)11(9)13/h3-7H,2,13H2,1H3. The van der Waals surface area contributed by atoms with E-state index in [0.29, 0.717) is 5.56 Å². The predicted octanol–water partition coefficient (Wildman–Crippen LogP) is 2.29. The summed E-state index contributed by atoms with van der Waals surface area (Å²) in [5.41, 5.74) is 7.36. The zero-order chi connectivity index (χ0) is 10.8. The molecule has 2 aromatic rings. The molecule has 4 heteroatoms. The van der Waals surface area contributed by atoms with Gasteiger partial charge in [0.1, 0.15) is 5.82 Å². The van der Waals surface area contributed by atoms with Gasteiger partial charge in [-0.25, -0.2) is 4.39 Å². The van der Waals surface area contributed by atoms with E-state index in [-0.39, 0.29) is 5.69 Å². The largest absolute Gasteiger partial charge is 0.396 e. The lowest BCUT2D eigenvalue weighted by atomic mass is 10.1. The van der Waals surface area contributed by atoms with Gasteiger partial charge in [0.05, 0.1) is 11.9 Å². The third-order valence-electron chi connectivity index (χ3n) is 2.32. The third-order valence-corrected chi connectivity index (χ3v) is 2.32. The van der Waals surface area contributed by atoms with Crippen LogP contribution in [0.5, 0.6) is 0 Å². The Labute approximate surface area is 87.3 Å². The van der Waals surface area contributed by atoms with Gasteiger partial charge in [-0.05, 0) is 13.0 Å². The summed E-state index contributed by atoms with van der Waals surface area (Å²) in [6.45, 7) is 2.78. The van der Waals surface area contributed by atoms with Gasteiger partial charge in [-0.1, -0.05) is 12.1 Å². The number of nitrogens with two attached hydrogens (primary N) is 1. The molecule has 0 atom stereocenters. The maximum absolute atomic E-state index is 13.2. The molecule has 2 N–H and O–H groups in total. The number of nitrogens with zero attached hydrogens (tertiary/aromatic N) is 2. The van der Waals surface area contributed by atoms with Gasteiger partial charge in [0.2, 0.25) is 0 Å². The fourth-order valence-corrected chi connectivity index (χ4v) is 1.46. The summed E-state index contributed by atoms with van der Waals surface area (Å²) in [4.78, 5) is 0. The second-order valence-electron chi connectivity index (χ2n) is 3.29. The molecule has 2 rings (SSSR count). The normalized spacial score (nSPS) is 10.5. The van der Waals surface area contributed by atoms with E-state index in [2.05, 4.69) is 5.10 Å². The Bertz CT molecular complexity index is 476. The summed E-state index contributed by atoms with van der Waals surface area (Å²) in [5, 5.41) is 4.12. The first kappa shape index (κ1) is 9.71. The summed E-state index contributed by atoms with van der Waals surface area (Å²) in [5.74, 6) is -0.392. The molecule has 0 saturated heterocycles. The molecule has 1 aromatic carbocycles. The Hall–Kier alpha value is -1.84. The molecule has 0 aliphatic rings. The van der Waals surface area contributed by atoms with Crippen molar-refractivity contribution in [3.05, 3.63) is 36.4 Å². The molecule has 0 amide bonds. The second kappa shape index (κ2) is 3.73. The average molecular weight is 205 g/mol. The number of halogens is 1. The number of aryl methyl sites for hydroxylation is 1. The second-order valence-corrected chi connectivity index (χ2v) is 3.29. The van der Waals surface area contributed by atoms with Crippen LogP contribution in [0.25, 0.3) is 11.1 Å². The molecule has 0 fully saturated rings. The fourth-order valence-electron chi connectivity index (χ4n) is 1.46. The molecular formula is C11H12FN3. The maximum Gasteiger partial charge on any atom is 0.146 e. The van der Waals surface area contributed by atoms with Gasteiger partial charge >= 0.3 is 0 Å². The van der Waals surface area contributed by atoms with Crippen LogP contribution in [0.1, 0.15) is 6.92 Å². The molecule has 0 radical (unpaired) electrons. The fraction of sp³-hybridized carbons (Fsp3) is 0.182. The van der Waals surface area contributed by atoms with E-state index in [9.17, 15) is 4.39 Å². The van der Waals surface area contributed by atoms with Crippen molar-refractivity contribution in [1.29, 1.82) is 0 Å². The lowest BCUT2D eigenvalue weighted by molar-refractivity contribution is 0.633. The van der Waals surface area contributed by atoms with Crippen molar-refractivity contribution in [1.82, 2.24) is 9.78 Å². The minimum atomic E-state index is -0.392. The van der Waals surface area contributed by atoms with Crippen LogP contribution in [0.3, 0.4) is 0 Å². The molecule has 3 nitrogen and oxygen atoms in total. The van der Waals surface area contributed by atoms with Crippen molar-refractivity contribution < 1.29 is 4.39 Å². The van der Waals surface area contributed by atoms with E-state index in [0.717, 1.165) is 12.1 Å². The van der Waals surface area contributed by atoms with Crippen molar-refractivity contribution in [3.8, 4) is 11.1 Å². The van der Waals surface area contributed by atoms with Crippen LogP contribution in [-0.2, 0) is 6.54 Å². The molecule has 0 unspecified atom stereocenters. The number of para-hydroxylation sites is 1. The molecule has 0 saturated carbocycles. The number of hydrogen-bond donors (Lipinski definition) is 1. The van der Waals surface area contributed by atoms with Crippen LogP contribution in [0.4, 0.5) is 10.1 Å². The number of benzene rings is 1. The number of aromatic nitrogens is 2. The average Bonchev–Trinajstić information content (AvgIpc) is 2.70. The summed E-state index contributed by atoms with van der Waals surface area (Å²) in [6.07, 6.45) is 3.54. The summed E-state index contributed by atoms with van der Waals surface area (Å²) in [7, 11) is 0. The van der Waals surface area contributed by atoms with Crippen molar-refractivity contribution in [3.63, 3.8) is 0 Å². The molecule has 0 aliphatic heterocycles. The molecular weight excluding hydrogens is 193 g/mol. The van der Waals surface area contributed by atoms with E-state index < -0.39 is 5.82 Å². The van der Waals surface area contributed by atoms with Gasteiger partial charge in [0, 0.05) is 23.9 Å². The van der Waals surface area contributed by atoms with E-state index in [1.54, 1.807) is 23.0 Å². The minimum Gasteiger partial charge on any atom is -0.396 e. The van der Waals surface area contributed by atoms with Gasteiger partial charge in [-0.3, -0.25) is 4.68 Å². The quantitative estimate of drug-likeness (QED) is 0.764. The van der Waals surface area contributed by atoms with Gasteiger partial charge in [-0.2, -0.15) is 5.10 Å². The number of nitrogen functional groups attached to an aromatic ring is 1. The van der Waals surface area contributed by atoms with Gasteiger partial charge in [0.25, 0.3) is 0 Å². The minimum absolute atomic E-state index is 0.174. The maximum atomic E-state index is 13.2. The molecule has 1 aromatic heterocycles. The van der Waals surface area contributed by atoms with Gasteiger partial charge in [0.15, 0.2) is 0 Å². The molecule has 0 bridgehead atoms. The van der Waals surface area contributed by atoms with Crippen LogP contribution in [0.15, 0.2) is 30.6 Å². The first-order chi connectivity index (χ1) is 7.22. The van der Waals surface area contributed by atoms with Gasteiger partial charge in [-0.15, -0.1) is 0 Å². The van der Waals surface area contributed by atoms with Crippen molar-refractivity contribution in [2.75, 3.05) is 5.73 Å². The number of anilines is 1.